The van der Waals surface area contributed by atoms with Gasteiger partial charge < -0.3 is 5.21 Å². The highest BCUT2D eigenvalue weighted by Crippen LogP contribution is 2.28. The number of quaternary nitrogens is 1. The second-order valence-electron chi connectivity index (χ2n) is 6.27. The Morgan fingerprint density at radius 3 is 2.05 bits per heavy atom. The van der Waals surface area contributed by atoms with Crippen LogP contribution < -0.4 is 0 Å². The molecular formula is C14H20N5O+. The Morgan fingerprint density at radius 2 is 1.55 bits per heavy atom. The van der Waals surface area contributed by atoms with Crippen LogP contribution in [0.4, 0.5) is 0 Å². The summed E-state index contributed by atoms with van der Waals surface area (Å²) in [6, 6.07) is 10.00. The van der Waals surface area contributed by atoms with E-state index in [0.717, 1.165) is 62.3 Å². The summed E-state index contributed by atoms with van der Waals surface area (Å²) in [7, 11) is 0. The Hall–Kier alpha value is -1.47. The molecule has 4 bridgehead atoms. The van der Waals surface area contributed by atoms with Gasteiger partial charge in [-0.05, 0) is 0 Å². The molecule has 6 heteroatoms. The van der Waals surface area contributed by atoms with E-state index in [1.807, 2.05) is 30.3 Å². The normalized spacial score (nSPS) is 39.2. The Balaban J connectivity index is 1.59. The molecule has 0 radical (unpaired) electrons. The highest BCUT2D eigenvalue weighted by Gasteiger charge is 2.49. The van der Waals surface area contributed by atoms with Crippen LogP contribution in [0, 0.1) is 0 Å². The minimum Gasteiger partial charge on any atom is -0.410 e. The number of oxime groups is 1. The van der Waals surface area contributed by atoms with Crippen LogP contribution in [-0.4, -0.2) is 76.7 Å². The van der Waals surface area contributed by atoms with Gasteiger partial charge in [-0.2, -0.15) is 0 Å². The van der Waals surface area contributed by atoms with E-state index in [4.69, 9.17) is 0 Å². The summed E-state index contributed by atoms with van der Waals surface area (Å²) >= 11 is 0. The van der Waals surface area contributed by atoms with E-state index >= 15 is 0 Å². The topological polar surface area (TPSA) is 42.3 Å². The van der Waals surface area contributed by atoms with Gasteiger partial charge in [-0.25, -0.2) is 14.7 Å². The molecule has 0 spiro atoms. The minimum absolute atomic E-state index is 0.782. The van der Waals surface area contributed by atoms with Crippen LogP contribution in [0.2, 0.25) is 0 Å². The molecule has 4 aliphatic heterocycles. The fourth-order valence-corrected chi connectivity index (χ4v) is 3.94. The Labute approximate surface area is 118 Å². The number of hydrogen-bond donors (Lipinski definition) is 1. The summed E-state index contributed by atoms with van der Waals surface area (Å²) in [4.78, 5) is 7.41. The van der Waals surface area contributed by atoms with Crippen molar-refractivity contribution in [1.82, 2.24) is 14.7 Å². The second-order valence-corrected chi connectivity index (χ2v) is 6.27. The molecule has 4 aliphatic rings. The van der Waals surface area contributed by atoms with E-state index in [-0.39, 0.29) is 0 Å². The molecule has 6 nitrogen and oxygen atoms in total. The summed E-state index contributed by atoms with van der Waals surface area (Å²) < 4.78 is 0.953. The first-order valence-corrected chi connectivity index (χ1v) is 7.05. The molecule has 0 saturated carbocycles. The standard InChI is InChI=1S/C14H19N5O/c20-15-14(13-4-2-1-3-5-13)6-19-10-16-7-17(11-19)9-18(8-16)12-19/h1-5H,6-12H2/p+1. The van der Waals surface area contributed by atoms with Gasteiger partial charge in [0.15, 0.2) is 0 Å². The van der Waals surface area contributed by atoms with Crippen molar-refractivity contribution in [2.45, 2.75) is 0 Å². The second kappa shape index (κ2) is 4.53. The maximum absolute atomic E-state index is 9.42. The van der Waals surface area contributed by atoms with E-state index in [2.05, 4.69) is 19.9 Å². The Bertz CT molecular complexity index is 494. The predicted octanol–water partition coefficient (Wildman–Crippen LogP) is 0.374. The van der Waals surface area contributed by atoms with Gasteiger partial charge in [0.2, 0.25) is 0 Å². The van der Waals surface area contributed by atoms with E-state index in [0.29, 0.717) is 0 Å². The van der Waals surface area contributed by atoms with E-state index < -0.39 is 0 Å². The summed E-state index contributed by atoms with van der Waals surface area (Å²) in [5.74, 6) is 0. The lowest BCUT2D eigenvalue weighted by Gasteiger charge is -2.60. The van der Waals surface area contributed by atoms with E-state index in [1.165, 1.54) is 0 Å². The maximum atomic E-state index is 9.42. The largest absolute Gasteiger partial charge is 0.410 e. The zero-order valence-corrected chi connectivity index (χ0v) is 11.5. The molecule has 0 atom stereocenters. The van der Waals surface area contributed by atoms with Crippen molar-refractivity contribution in [2.75, 3.05) is 46.6 Å². The van der Waals surface area contributed by atoms with Crippen molar-refractivity contribution in [2.24, 2.45) is 5.16 Å². The van der Waals surface area contributed by atoms with Gasteiger partial charge in [0.25, 0.3) is 0 Å². The molecule has 0 amide bonds. The smallest absolute Gasteiger partial charge is 0.141 e. The lowest BCUT2D eigenvalue weighted by molar-refractivity contribution is -0.972. The van der Waals surface area contributed by atoms with E-state index in [9.17, 15) is 5.21 Å². The third-order valence-corrected chi connectivity index (χ3v) is 4.41. The molecule has 106 valence electrons. The van der Waals surface area contributed by atoms with Crippen molar-refractivity contribution in [3.8, 4) is 0 Å². The maximum Gasteiger partial charge on any atom is 0.141 e. The summed E-state index contributed by atoms with van der Waals surface area (Å²) in [6.07, 6.45) is 0. The molecule has 1 aromatic carbocycles. The Morgan fingerprint density at radius 1 is 1.00 bits per heavy atom. The van der Waals surface area contributed by atoms with Crippen LogP contribution in [0.15, 0.2) is 35.5 Å². The molecule has 5 rings (SSSR count). The number of benzene rings is 1. The lowest BCUT2D eigenvalue weighted by atomic mass is 10.1. The van der Waals surface area contributed by atoms with Crippen molar-refractivity contribution < 1.29 is 9.69 Å². The average Bonchev–Trinajstić information content (AvgIpc) is 2.44. The van der Waals surface area contributed by atoms with Crippen molar-refractivity contribution in [3.63, 3.8) is 0 Å². The van der Waals surface area contributed by atoms with Crippen LogP contribution in [0.25, 0.3) is 0 Å². The van der Waals surface area contributed by atoms with Gasteiger partial charge >= 0.3 is 0 Å². The third-order valence-electron chi connectivity index (χ3n) is 4.41. The van der Waals surface area contributed by atoms with Gasteiger partial charge in [0.1, 0.15) is 32.3 Å². The molecule has 4 fully saturated rings. The highest BCUT2D eigenvalue weighted by molar-refractivity contribution is 6.01. The number of hydrogen-bond acceptors (Lipinski definition) is 5. The van der Waals surface area contributed by atoms with Crippen LogP contribution in [0.1, 0.15) is 5.56 Å². The van der Waals surface area contributed by atoms with Crippen LogP contribution >= 0.6 is 0 Å². The highest BCUT2D eigenvalue weighted by atomic mass is 16.4. The molecule has 20 heavy (non-hydrogen) atoms. The lowest BCUT2D eigenvalue weighted by Crippen LogP contribution is -2.79. The van der Waals surface area contributed by atoms with Crippen LogP contribution in [0.3, 0.4) is 0 Å². The van der Waals surface area contributed by atoms with Gasteiger partial charge in [0.05, 0.1) is 20.0 Å². The molecule has 0 unspecified atom stereocenters. The molecule has 4 heterocycles. The zero-order valence-electron chi connectivity index (χ0n) is 11.5. The molecule has 4 saturated heterocycles. The zero-order chi connectivity index (χ0) is 13.6. The first-order chi connectivity index (χ1) is 9.76. The van der Waals surface area contributed by atoms with Gasteiger partial charge in [-0.15, -0.1) is 0 Å². The van der Waals surface area contributed by atoms with Crippen LogP contribution in [-0.2, 0) is 0 Å². The summed E-state index contributed by atoms with van der Waals surface area (Å²) in [5.41, 5.74) is 1.81. The third kappa shape index (κ3) is 2.01. The fraction of sp³-hybridized carbons (Fsp3) is 0.500. The molecule has 1 N–H and O–H groups in total. The summed E-state index contributed by atoms with van der Waals surface area (Å²) in [6.45, 7) is 7.18. The molecule has 0 aromatic heterocycles. The van der Waals surface area contributed by atoms with Crippen molar-refractivity contribution in [3.05, 3.63) is 35.9 Å². The quantitative estimate of drug-likeness (QED) is 0.374. The average molecular weight is 274 g/mol. The predicted molar refractivity (Wildman–Crippen MR) is 74.6 cm³/mol. The van der Waals surface area contributed by atoms with Gasteiger partial charge in [0, 0.05) is 5.56 Å². The van der Waals surface area contributed by atoms with Crippen molar-refractivity contribution in [1.29, 1.82) is 0 Å². The van der Waals surface area contributed by atoms with Gasteiger partial charge in [-0.3, -0.25) is 4.48 Å². The van der Waals surface area contributed by atoms with Crippen molar-refractivity contribution >= 4 is 5.71 Å². The molecule has 1 aromatic rings. The first kappa shape index (κ1) is 12.3. The van der Waals surface area contributed by atoms with E-state index in [1.54, 1.807) is 0 Å². The molecule has 0 aliphatic carbocycles. The minimum atomic E-state index is 0.782. The summed E-state index contributed by atoms with van der Waals surface area (Å²) in [5, 5.41) is 13.0. The SMILES string of the molecule is ON=C(C[N+]12CN3CN(CN(C3)C1)C2)c1ccccc1. The number of rotatable bonds is 3. The monoisotopic (exact) mass is 274 g/mol. The number of nitrogens with zero attached hydrogens (tertiary/aromatic N) is 5. The first-order valence-electron chi connectivity index (χ1n) is 7.05. The fourth-order valence-electron chi connectivity index (χ4n) is 3.94. The van der Waals surface area contributed by atoms with Crippen LogP contribution in [0.5, 0.6) is 0 Å². The Kier molecular flexibility index (Phi) is 2.78. The van der Waals surface area contributed by atoms with Gasteiger partial charge in [-0.1, -0.05) is 35.5 Å². The molecular weight excluding hydrogens is 254 g/mol.